The van der Waals surface area contributed by atoms with E-state index in [1.54, 1.807) is 12.1 Å². The van der Waals surface area contributed by atoms with E-state index in [1.165, 1.54) is 6.07 Å². The molecule has 0 aromatic heterocycles. The van der Waals surface area contributed by atoms with Gasteiger partial charge in [0.2, 0.25) is 0 Å². The summed E-state index contributed by atoms with van der Waals surface area (Å²) in [5.74, 6) is -0.499. The van der Waals surface area contributed by atoms with Crippen LogP contribution in [0, 0.1) is 16.6 Å². The SMILES string of the molecule is CC(C)(C)CCOc1cccc(F)c1C(=N)N. The summed E-state index contributed by atoms with van der Waals surface area (Å²) < 4.78 is 19.0. The van der Waals surface area contributed by atoms with Crippen molar-refractivity contribution in [2.24, 2.45) is 11.1 Å². The second-order valence-electron chi connectivity index (χ2n) is 5.19. The third-order valence-electron chi connectivity index (χ3n) is 2.35. The first kappa shape index (κ1) is 13.5. The number of benzene rings is 1. The molecule has 0 saturated heterocycles. The Balaban J connectivity index is 2.78. The van der Waals surface area contributed by atoms with Gasteiger partial charge in [-0.15, -0.1) is 0 Å². The Morgan fingerprint density at radius 1 is 1.41 bits per heavy atom. The van der Waals surface area contributed by atoms with Crippen molar-refractivity contribution in [2.75, 3.05) is 6.61 Å². The fourth-order valence-corrected chi connectivity index (χ4v) is 1.35. The zero-order chi connectivity index (χ0) is 13.1. The number of halogens is 1. The minimum Gasteiger partial charge on any atom is -0.493 e. The van der Waals surface area contributed by atoms with Gasteiger partial charge in [-0.2, -0.15) is 0 Å². The fraction of sp³-hybridized carbons (Fsp3) is 0.462. The molecule has 0 atom stereocenters. The molecule has 4 heteroatoms. The summed E-state index contributed by atoms with van der Waals surface area (Å²) in [4.78, 5) is 0. The molecule has 0 aliphatic rings. The Morgan fingerprint density at radius 3 is 2.59 bits per heavy atom. The molecule has 0 unspecified atom stereocenters. The fourth-order valence-electron chi connectivity index (χ4n) is 1.35. The van der Waals surface area contributed by atoms with E-state index >= 15 is 0 Å². The molecule has 0 saturated carbocycles. The average Bonchev–Trinajstić information content (AvgIpc) is 2.14. The van der Waals surface area contributed by atoms with Gasteiger partial charge in [-0.25, -0.2) is 4.39 Å². The first-order valence-electron chi connectivity index (χ1n) is 5.57. The van der Waals surface area contributed by atoms with E-state index in [0.29, 0.717) is 12.4 Å². The highest BCUT2D eigenvalue weighted by Gasteiger charge is 2.14. The van der Waals surface area contributed by atoms with E-state index in [4.69, 9.17) is 15.9 Å². The third-order valence-corrected chi connectivity index (χ3v) is 2.35. The van der Waals surface area contributed by atoms with Crippen molar-refractivity contribution in [1.29, 1.82) is 5.41 Å². The number of amidine groups is 1. The molecule has 1 aromatic carbocycles. The van der Waals surface area contributed by atoms with Crippen LogP contribution in [0.4, 0.5) is 4.39 Å². The van der Waals surface area contributed by atoms with Crippen molar-refractivity contribution in [3.63, 3.8) is 0 Å². The Morgan fingerprint density at radius 2 is 2.06 bits per heavy atom. The van der Waals surface area contributed by atoms with Gasteiger partial charge in [0.1, 0.15) is 17.4 Å². The van der Waals surface area contributed by atoms with Crippen molar-refractivity contribution >= 4 is 5.84 Å². The molecule has 0 fully saturated rings. The van der Waals surface area contributed by atoms with Crippen molar-refractivity contribution in [2.45, 2.75) is 27.2 Å². The van der Waals surface area contributed by atoms with Gasteiger partial charge in [-0.1, -0.05) is 26.8 Å². The normalized spacial score (nSPS) is 11.3. The third kappa shape index (κ3) is 4.06. The number of nitrogens with two attached hydrogens (primary N) is 1. The van der Waals surface area contributed by atoms with Crippen LogP contribution in [0.2, 0.25) is 0 Å². The molecule has 94 valence electrons. The molecule has 0 aliphatic heterocycles. The number of nitrogen functional groups attached to an aromatic ring is 1. The monoisotopic (exact) mass is 238 g/mol. The maximum absolute atomic E-state index is 13.5. The molecule has 3 N–H and O–H groups in total. The maximum Gasteiger partial charge on any atom is 0.137 e. The summed E-state index contributed by atoms with van der Waals surface area (Å²) in [6.45, 7) is 6.79. The average molecular weight is 238 g/mol. The lowest BCUT2D eigenvalue weighted by Gasteiger charge is -2.19. The highest BCUT2D eigenvalue weighted by Crippen LogP contribution is 2.23. The molecule has 17 heavy (non-hydrogen) atoms. The van der Waals surface area contributed by atoms with Crippen molar-refractivity contribution in [3.05, 3.63) is 29.6 Å². The summed E-state index contributed by atoms with van der Waals surface area (Å²) in [6, 6.07) is 4.45. The van der Waals surface area contributed by atoms with Crippen LogP contribution in [0.1, 0.15) is 32.8 Å². The Labute approximate surface area is 101 Å². The molecule has 0 spiro atoms. The molecule has 0 bridgehead atoms. The quantitative estimate of drug-likeness (QED) is 0.626. The number of nitrogens with one attached hydrogen (secondary N) is 1. The van der Waals surface area contributed by atoms with E-state index in [9.17, 15) is 4.39 Å². The predicted octanol–water partition coefficient (Wildman–Crippen LogP) is 2.92. The standard InChI is InChI=1S/C13H19FN2O/c1-13(2,3)7-8-17-10-6-4-5-9(14)11(10)12(15)16/h4-6H,7-8H2,1-3H3,(H3,15,16). The van der Waals surface area contributed by atoms with Crippen LogP contribution in [-0.2, 0) is 0 Å². The van der Waals surface area contributed by atoms with Crippen LogP contribution in [0.3, 0.4) is 0 Å². The molecule has 3 nitrogen and oxygen atoms in total. The Bertz CT molecular complexity index is 410. The molecular weight excluding hydrogens is 219 g/mol. The lowest BCUT2D eigenvalue weighted by molar-refractivity contribution is 0.242. The van der Waals surface area contributed by atoms with Gasteiger partial charge >= 0.3 is 0 Å². The minimum absolute atomic E-state index is 0.0430. The number of hydrogen-bond acceptors (Lipinski definition) is 2. The van der Waals surface area contributed by atoms with Gasteiger partial charge in [-0.05, 0) is 24.0 Å². The van der Waals surface area contributed by atoms with E-state index < -0.39 is 5.82 Å². The van der Waals surface area contributed by atoms with Crippen LogP contribution in [0.15, 0.2) is 18.2 Å². The van der Waals surface area contributed by atoms with Gasteiger partial charge in [0.15, 0.2) is 0 Å². The van der Waals surface area contributed by atoms with E-state index in [-0.39, 0.29) is 16.8 Å². The molecular formula is C13H19FN2O. The maximum atomic E-state index is 13.5. The van der Waals surface area contributed by atoms with Gasteiger partial charge in [0.05, 0.1) is 12.2 Å². The zero-order valence-corrected chi connectivity index (χ0v) is 10.5. The topological polar surface area (TPSA) is 59.1 Å². The molecule has 1 rings (SSSR count). The molecule has 0 amide bonds. The molecule has 1 aromatic rings. The van der Waals surface area contributed by atoms with E-state index in [2.05, 4.69) is 20.8 Å². The van der Waals surface area contributed by atoms with Crippen LogP contribution < -0.4 is 10.5 Å². The summed E-state index contributed by atoms with van der Waals surface area (Å²) in [6.07, 6.45) is 0.848. The van der Waals surface area contributed by atoms with E-state index in [1.807, 2.05) is 0 Å². The van der Waals surface area contributed by atoms with Crippen LogP contribution in [-0.4, -0.2) is 12.4 Å². The molecule has 0 heterocycles. The van der Waals surface area contributed by atoms with Gasteiger partial charge < -0.3 is 10.5 Å². The van der Waals surface area contributed by atoms with Gasteiger partial charge in [0.25, 0.3) is 0 Å². The second-order valence-corrected chi connectivity index (χ2v) is 5.19. The van der Waals surface area contributed by atoms with Crippen molar-refractivity contribution in [3.8, 4) is 5.75 Å². The van der Waals surface area contributed by atoms with Crippen molar-refractivity contribution in [1.82, 2.24) is 0 Å². The largest absolute Gasteiger partial charge is 0.493 e. The summed E-state index contributed by atoms with van der Waals surface area (Å²) >= 11 is 0. The lowest BCUT2D eigenvalue weighted by Crippen LogP contribution is -2.17. The van der Waals surface area contributed by atoms with Crippen LogP contribution >= 0.6 is 0 Å². The zero-order valence-electron chi connectivity index (χ0n) is 10.5. The molecule has 0 radical (unpaired) electrons. The highest BCUT2D eigenvalue weighted by molar-refractivity contribution is 5.97. The number of ether oxygens (including phenoxy) is 1. The lowest BCUT2D eigenvalue weighted by atomic mass is 9.93. The Hall–Kier alpha value is -1.58. The first-order valence-corrected chi connectivity index (χ1v) is 5.57. The van der Waals surface area contributed by atoms with Crippen molar-refractivity contribution < 1.29 is 9.13 Å². The summed E-state index contributed by atoms with van der Waals surface area (Å²) in [5, 5.41) is 7.33. The second kappa shape index (κ2) is 5.17. The highest BCUT2D eigenvalue weighted by atomic mass is 19.1. The predicted molar refractivity (Wildman–Crippen MR) is 67.0 cm³/mol. The smallest absolute Gasteiger partial charge is 0.137 e. The number of rotatable bonds is 4. The van der Waals surface area contributed by atoms with Crippen LogP contribution in [0.5, 0.6) is 5.75 Å². The Kier molecular flexibility index (Phi) is 4.10. The first-order chi connectivity index (χ1) is 7.81. The van der Waals surface area contributed by atoms with Crippen LogP contribution in [0.25, 0.3) is 0 Å². The number of hydrogen-bond donors (Lipinski definition) is 2. The summed E-state index contributed by atoms with van der Waals surface area (Å²) in [5.41, 5.74) is 5.54. The summed E-state index contributed by atoms with van der Waals surface area (Å²) in [7, 11) is 0. The van der Waals surface area contributed by atoms with E-state index in [0.717, 1.165) is 6.42 Å². The van der Waals surface area contributed by atoms with Gasteiger partial charge in [-0.3, -0.25) is 5.41 Å². The van der Waals surface area contributed by atoms with Gasteiger partial charge in [0, 0.05) is 0 Å². The minimum atomic E-state index is -0.522. The molecule has 0 aliphatic carbocycles.